The molecule has 0 aliphatic heterocycles. The van der Waals surface area contributed by atoms with Crippen molar-refractivity contribution in [2.45, 2.75) is 6.54 Å². The summed E-state index contributed by atoms with van der Waals surface area (Å²) in [6.07, 6.45) is 1.71. The zero-order valence-corrected chi connectivity index (χ0v) is 14.1. The second kappa shape index (κ2) is 6.54. The van der Waals surface area contributed by atoms with Crippen LogP contribution in [0.4, 0.5) is 0 Å². The Labute approximate surface area is 150 Å². The summed E-state index contributed by atoms with van der Waals surface area (Å²) >= 11 is 6.36. The summed E-state index contributed by atoms with van der Waals surface area (Å²) in [5.74, 6) is 0. The molecule has 2 aromatic heterocycles. The zero-order valence-electron chi connectivity index (χ0n) is 13.4. The van der Waals surface area contributed by atoms with Crippen LogP contribution in [0.1, 0.15) is 5.56 Å². The first-order valence-electron chi connectivity index (χ1n) is 8.01. The number of aromatic nitrogens is 2. The molecule has 0 saturated heterocycles. The molecule has 0 bridgehead atoms. The lowest BCUT2D eigenvalue weighted by molar-refractivity contribution is 0.822. The van der Waals surface area contributed by atoms with Gasteiger partial charge in [0.2, 0.25) is 0 Å². The Morgan fingerprint density at radius 3 is 2.48 bits per heavy atom. The van der Waals surface area contributed by atoms with Gasteiger partial charge in [-0.1, -0.05) is 60.1 Å². The number of benzene rings is 2. The van der Waals surface area contributed by atoms with E-state index in [2.05, 4.69) is 4.98 Å². The molecule has 0 N–H and O–H groups in total. The molecule has 25 heavy (non-hydrogen) atoms. The molecule has 2 heterocycles. The van der Waals surface area contributed by atoms with E-state index >= 15 is 0 Å². The summed E-state index contributed by atoms with van der Waals surface area (Å²) in [7, 11) is 0. The molecule has 4 rings (SSSR count). The minimum absolute atomic E-state index is 0.0302. The van der Waals surface area contributed by atoms with Crippen LogP contribution in [0.5, 0.6) is 0 Å². The number of halogens is 1. The van der Waals surface area contributed by atoms with E-state index in [1.165, 1.54) is 0 Å². The Hall–Kier alpha value is -2.91. The van der Waals surface area contributed by atoms with E-state index in [4.69, 9.17) is 11.6 Å². The number of hydrogen-bond donors (Lipinski definition) is 0. The van der Waals surface area contributed by atoms with E-state index in [0.717, 1.165) is 16.8 Å². The molecule has 0 aliphatic rings. The van der Waals surface area contributed by atoms with Crippen LogP contribution >= 0.6 is 11.6 Å². The number of hydrogen-bond acceptors (Lipinski definition) is 2. The van der Waals surface area contributed by atoms with Crippen LogP contribution in [0.2, 0.25) is 5.02 Å². The predicted molar refractivity (Wildman–Crippen MR) is 102 cm³/mol. The third-order valence-electron chi connectivity index (χ3n) is 4.22. The Bertz CT molecular complexity index is 1100. The molecular formula is C21H15ClN2O. The third kappa shape index (κ3) is 2.94. The first-order chi connectivity index (χ1) is 12.2. The molecule has 0 radical (unpaired) electrons. The Morgan fingerprint density at radius 2 is 1.68 bits per heavy atom. The van der Waals surface area contributed by atoms with Gasteiger partial charge in [0.25, 0.3) is 0 Å². The minimum atomic E-state index is -0.0302. The van der Waals surface area contributed by atoms with Gasteiger partial charge in [-0.05, 0) is 29.3 Å². The van der Waals surface area contributed by atoms with Crippen molar-refractivity contribution < 1.29 is 0 Å². The second-order valence-electron chi connectivity index (χ2n) is 5.81. The summed E-state index contributed by atoms with van der Waals surface area (Å²) in [4.78, 5) is 17.0. The number of fused-ring (bicyclic) bond motifs is 1. The molecule has 0 atom stereocenters. The van der Waals surface area contributed by atoms with E-state index in [-0.39, 0.29) is 5.43 Å². The highest BCUT2D eigenvalue weighted by molar-refractivity contribution is 6.31. The summed E-state index contributed by atoms with van der Waals surface area (Å²) in [6, 6.07) is 22.9. The standard InChI is InChI=1S/C21H15ClN2O/c22-18-11-5-4-9-16(18)14-24-19(15-7-2-1-3-8-15)13-20(25)17-10-6-12-23-21(17)24/h1-13H,14H2. The molecule has 0 saturated carbocycles. The number of rotatable bonds is 3. The molecule has 0 spiro atoms. The number of pyridine rings is 2. The Morgan fingerprint density at radius 1 is 0.920 bits per heavy atom. The van der Waals surface area contributed by atoms with E-state index in [1.807, 2.05) is 65.2 Å². The van der Waals surface area contributed by atoms with Gasteiger partial charge in [-0.25, -0.2) is 4.98 Å². The third-order valence-corrected chi connectivity index (χ3v) is 4.59. The predicted octanol–water partition coefficient (Wildman–Crippen LogP) is 4.77. The molecule has 2 aromatic carbocycles. The largest absolute Gasteiger partial charge is 0.321 e. The Balaban J connectivity index is 2.01. The molecular weight excluding hydrogens is 332 g/mol. The van der Waals surface area contributed by atoms with Crippen LogP contribution in [0.15, 0.2) is 83.8 Å². The van der Waals surface area contributed by atoms with Gasteiger partial charge in [0.15, 0.2) is 5.43 Å². The molecule has 0 amide bonds. The topological polar surface area (TPSA) is 34.9 Å². The maximum absolute atomic E-state index is 12.6. The lowest BCUT2D eigenvalue weighted by Gasteiger charge is -2.17. The maximum atomic E-state index is 12.6. The van der Waals surface area contributed by atoms with Gasteiger partial charge in [-0.3, -0.25) is 4.79 Å². The lowest BCUT2D eigenvalue weighted by Crippen LogP contribution is -2.14. The van der Waals surface area contributed by atoms with Crippen molar-refractivity contribution in [2.75, 3.05) is 0 Å². The Kier molecular flexibility index (Phi) is 4.08. The van der Waals surface area contributed by atoms with Gasteiger partial charge in [0.05, 0.1) is 17.6 Å². The van der Waals surface area contributed by atoms with Crippen LogP contribution in [0, 0.1) is 0 Å². The van der Waals surface area contributed by atoms with Gasteiger partial charge in [-0.15, -0.1) is 0 Å². The summed E-state index contributed by atoms with van der Waals surface area (Å²) in [5, 5.41) is 1.30. The molecule has 122 valence electrons. The highest BCUT2D eigenvalue weighted by atomic mass is 35.5. The average Bonchev–Trinajstić information content (AvgIpc) is 2.66. The monoisotopic (exact) mass is 346 g/mol. The van der Waals surface area contributed by atoms with Gasteiger partial charge in [0, 0.05) is 17.3 Å². The fourth-order valence-corrected chi connectivity index (χ4v) is 3.20. The van der Waals surface area contributed by atoms with Gasteiger partial charge in [0.1, 0.15) is 5.65 Å². The molecule has 0 aliphatic carbocycles. The van der Waals surface area contributed by atoms with Gasteiger partial charge < -0.3 is 4.57 Å². The molecule has 4 heteroatoms. The highest BCUT2D eigenvalue weighted by Crippen LogP contribution is 2.25. The molecule has 0 fully saturated rings. The van der Waals surface area contributed by atoms with E-state index in [0.29, 0.717) is 22.6 Å². The minimum Gasteiger partial charge on any atom is -0.321 e. The van der Waals surface area contributed by atoms with Crippen LogP contribution in [-0.4, -0.2) is 9.55 Å². The fraction of sp³-hybridized carbons (Fsp3) is 0.0476. The van der Waals surface area contributed by atoms with Crippen LogP contribution in [-0.2, 0) is 6.54 Å². The van der Waals surface area contributed by atoms with Gasteiger partial charge >= 0.3 is 0 Å². The van der Waals surface area contributed by atoms with Crippen molar-refractivity contribution in [3.8, 4) is 11.3 Å². The first kappa shape index (κ1) is 15.6. The quantitative estimate of drug-likeness (QED) is 0.536. The van der Waals surface area contributed by atoms with Crippen molar-refractivity contribution in [1.82, 2.24) is 9.55 Å². The van der Waals surface area contributed by atoms with Crippen molar-refractivity contribution in [1.29, 1.82) is 0 Å². The van der Waals surface area contributed by atoms with Crippen LogP contribution < -0.4 is 5.43 Å². The molecule has 0 unspecified atom stereocenters. The highest BCUT2D eigenvalue weighted by Gasteiger charge is 2.13. The zero-order chi connectivity index (χ0) is 17.2. The average molecular weight is 347 g/mol. The maximum Gasteiger partial charge on any atom is 0.191 e. The van der Waals surface area contributed by atoms with Crippen LogP contribution in [0.3, 0.4) is 0 Å². The van der Waals surface area contributed by atoms with Crippen molar-refractivity contribution in [3.63, 3.8) is 0 Å². The lowest BCUT2D eigenvalue weighted by atomic mass is 10.1. The summed E-state index contributed by atoms with van der Waals surface area (Å²) < 4.78 is 2.05. The second-order valence-corrected chi connectivity index (χ2v) is 6.22. The molecule has 3 nitrogen and oxygen atoms in total. The van der Waals surface area contributed by atoms with E-state index in [9.17, 15) is 4.79 Å². The smallest absolute Gasteiger partial charge is 0.191 e. The first-order valence-corrected chi connectivity index (χ1v) is 8.39. The van der Waals surface area contributed by atoms with Crippen LogP contribution in [0.25, 0.3) is 22.3 Å². The summed E-state index contributed by atoms with van der Waals surface area (Å²) in [6.45, 7) is 0.539. The van der Waals surface area contributed by atoms with Crippen molar-refractivity contribution in [3.05, 3.63) is 99.8 Å². The van der Waals surface area contributed by atoms with Gasteiger partial charge in [-0.2, -0.15) is 0 Å². The summed E-state index contributed by atoms with van der Waals surface area (Å²) in [5.41, 5.74) is 3.42. The number of nitrogens with zero attached hydrogens (tertiary/aromatic N) is 2. The van der Waals surface area contributed by atoms with Crippen molar-refractivity contribution in [2.24, 2.45) is 0 Å². The fourth-order valence-electron chi connectivity index (χ4n) is 3.00. The van der Waals surface area contributed by atoms with E-state index in [1.54, 1.807) is 18.3 Å². The normalized spacial score (nSPS) is 10.9. The molecule has 4 aromatic rings. The van der Waals surface area contributed by atoms with E-state index < -0.39 is 0 Å². The van der Waals surface area contributed by atoms with Crippen molar-refractivity contribution >= 4 is 22.6 Å². The SMILES string of the molecule is O=c1cc(-c2ccccc2)n(Cc2ccccc2Cl)c2ncccc12.